The lowest BCUT2D eigenvalue weighted by atomic mass is 10.00. The van der Waals surface area contributed by atoms with Gasteiger partial charge < -0.3 is 4.57 Å². The minimum absolute atomic E-state index is 1.10. The standard InChI is InChI=1S/C23H16BrN/c1-15-6-5-7-16-10-13-20-23(22(15)16)19-12-11-17(24)14-21(19)25(20)18-8-3-2-4-9-18/h2-14H,1H3. The van der Waals surface area contributed by atoms with Crippen molar-refractivity contribution in [1.82, 2.24) is 4.57 Å². The first-order chi connectivity index (χ1) is 12.2. The smallest absolute Gasteiger partial charge is 0.0552 e. The van der Waals surface area contributed by atoms with Crippen LogP contribution >= 0.6 is 15.9 Å². The van der Waals surface area contributed by atoms with Crippen LogP contribution in [0, 0.1) is 6.92 Å². The van der Waals surface area contributed by atoms with Crippen molar-refractivity contribution in [2.24, 2.45) is 0 Å². The molecule has 0 saturated heterocycles. The third kappa shape index (κ3) is 2.14. The van der Waals surface area contributed by atoms with Gasteiger partial charge in [0.15, 0.2) is 0 Å². The molecular formula is C23H16BrN. The van der Waals surface area contributed by atoms with Gasteiger partial charge in [0.05, 0.1) is 11.0 Å². The maximum atomic E-state index is 3.65. The van der Waals surface area contributed by atoms with Crippen molar-refractivity contribution in [2.45, 2.75) is 6.92 Å². The third-order valence-electron chi connectivity index (χ3n) is 4.96. The van der Waals surface area contributed by atoms with E-state index in [1.165, 1.54) is 43.8 Å². The number of hydrogen-bond acceptors (Lipinski definition) is 0. The molecule has 0 aliphatic rings. The lowest BCUT2D eigenvalue weighted by molar-refractivity contribution is 1.18. The number of nitrogens with zero attached hydrogens (tertiary/aromatic N) is 1. The van der Waals surface area contributed by atoms with Crippen LogP contribution in [0.3, 0.4) is 0 Å². The van der Waals surface area contributed by atoms with Gasteiger partial charge in [-0.15, -0.1) is 0 Å². The first-order valence-electron chi connectivity index (χ1n) is 8.41. The third-order valence-corrected chi connectivity index (χ3v) is 5.45. The molecule has 1 aromatic heterocycles. The zero-order valence-corrected chi connectivity index (χ0v) is 15.4. The molecule has 0 bridgehead atoms. The van der Waals surface area contributed by atoms with E-state index < -0.39 is 0 Å². The van der Waals surface area contributed by atoms with Crippen LogP contribution in [0.5, 0.6) is 0 Å². The predicted octanol–water partition coefficient (Wildman–Crippen LogP) is 7.01. The predicted molar refractivity (Wildman–Crippen MR) is 111 cm³/mol. The van der Waals surface area contributed by atoms with Gasteiger partial charge in [0, 0.05) is 20.9 Å². The van der Waals surface area contributed by atoms with Gasteiger partial charge in [0.1, 0.15) is 0 Å². The Bertz CT molecular complexity index is 1250. The van der Waals surface area contributed by atoms with Crippen LogP contribution in [0.4, 0.5) is 0 Å². The van der Waals surface area contributed by atoms with E-state index in [9.17, 15) is 0 Å². The number of aromatic nitrogens is 1. The molecule has 0 N–H and O–H groups in total. The zero-order valence-electron chi connectivity index (χ0n) is 13.8. The molecule has 120 valence electrons. The summed E-state index contributed by atoms with van der Waals surface area (Å²) in [7, 11) is 0. The summed E-state index contributed by atoms with van der Waals surface area (Å²) in [5.41, 5.74) is 4.99. The molecule has 1 heterocycles. The quantitative estimate of drug-likeness (QED) is 0.292. The van der Waals surface area contributed by atoms with Crippen molar-refractivity contribution >= 4 is 48.5 Å². The maximum absolute atomic E-state index is 3.65. The van der Waals surface area contributed by atoms with Gasteiger partial charge in [-0.3, -0.25) is 0 Å². The van der Waals surface area contributed by atoms with E-state index in [1.807, 2.05) is 0 Å². The van der Waals surface area contributed by atoms with Gasteiger partial charge in [0.25, 0.3) is 0 Å². The molecule has 25 heavy (non-hydrogen) atoms. The highest BCUT2D eigenvalue weighted by Crippen LogP contribution is 2.38. The number of rotatable bonds is 1. The summed E-state index contributed by atoms with van der Waals surface area (Å²) in [5.74, 6) is 0. The minimum atomic E-state index is 1.10. The number of halogens is 1. The summed E-state index contributed by atoms with van der Waals surface area (Å²) in [4.78, 5) is 0. The fraction of sp³-hybridized carbons (Fsp3) is 0.0435. The van der Waals surface area contributed by atoms with Gasteiger partial charge in [-0.1, -0.05) is 64.5 Å². The molecule has 0 aliphatic carbocycles. The normalized spacial score (nSPS) is 11.6. The molecule has 5 aromatic rings. The molecule has 0 saturated carbocycles. The van der Waals surface area contributed by atoms with Crippen molar-refractivity contribution in [3.8, 4) is 5.69 Å². The number of fused-ring (bicyclic) bond motifs is 5. The highest BCUT2D eigenvalue weighted by Gasteiger charge is 2.15. The lowest BCUT2D eigenvalue weighted by Gasteiger charge is -2.08. The largest absolute Gasteiger partial charge is 0.309 e. The van der Waals surface area contributed by atoms with Crippen LogP contribution in [0.25, 0.3) is 38.3 Å². The van der Waals surface area contributed by atoms with Crippen molar-refractivity contribution in [3.63, 3.8) is 0 Å². The highest BCUT2D eigenvalue weighted by molar-refractivity contribution is 9.10. The van der Waals surface area contributed by atoms with Crippen molar-refractivity contribution in [3.05, 3.63) is 88.9 Å². The molecule has 0 unspecified atom stereocenters. The van der Waals surface area contributed by atoms with Crippen molar-refractivity contribution in [2.75, 3.05) is 0 Å². The van der Waals surface area contributed by atoms with E-state index >= 15 is 0 Å². The van der Waals surface area contributed by atoms with Crippen molar-refractivity contribution in [1.29, 1.82) is 0 Å². The fourth-order valence-corrected chi connectivity index (χ4v) is 4.25. The SMILES string of the molecule is Cc1cccc2ccc3c(c4ccc(Br)cc4n3-c3ccccc3)c12. The highest BCUT2D eigenvalue weighted by atomic mass is 79.9. The molecular weight excluding hydrogens is 370 g/mol. The second kappa shape index (κ2) is 5.47. The Kier molecular flexibility index (Phi) is 3.22. The van der Waals surface area contributed by atoms with E-state index in [-0.39, 0.29) is 0 Å². The van der Waals surface area contributed by atoms with Crippen LogP contribution < -0.4 is 0 Å². The van der Waals surface area contributed by atoms with Gasteiger partial charge in [-0.05, 0) is 53.6 Å². The van der Waals surface area contributed by atoms with Crippen LogP contribution in [-0.2, 0) is 0 Å². The number of para-hydroxylation sites is 1. The van der Waals surface area contributed by atoms with Gasteiger partial charge in [-0.2, -0.15) is 0 Å². The molecule has 0 spiro atoms. The first kappa shape index (κ1) is 14.7. The van der Waals surface area contributed by atoms with Gasteiger partial charge >= 0.3 is 0 Å². The average molecular weight is 386 g/mol. The molecule has 1 nitrogen and oxygen atoms in total. The average Bonchev–Trinajstić information content (AvgIpc) is 2.96. The summed E-state index contributed by atoms with van der Waals surface area (Å²) in [5, 5.41) is 5.27. The Morgan fingerprint density at radius 1 is 0.720 bits per heavy atom. The Labute approximate surface area is 154 Å². The molecule has 0 fully saturated rings. The van der Waals surface area contributed by atoms with Crippen LogP contribution in [0.15, 0.2) is 83.3 Å². The Morgan fingerprint density at radius 2 is 1.56 bits per heavy atom. The molecule has 0 amide bonds. The molecule has 5 rings (SSSR count). The summed E-state index contributed by atoms with van der Waals surface area (Å²) in [6.07, 6.45) is 0. The lowest BCUT2D eigenvalue weighted by Crippen LogP contribution is -1.93. The van der Waals surface area contributed by atoms with E-state index in [2.05, 4.69) is 106 Å². The second-order valence-corrected chi connectivity index (χ2v) is 7.38. The Hall–Kier alpha value is -2.58. The molecule has 2 heteroatoms. The van der Waals surface area contributed by atoms with Gasteiger partial charge in [0.2, 0.25) is 0 Å². The molecule has 0 aliphatic heterocycles. The Balaban J connectivity index is 2.09. The van der Waals surface area contributed by atoms with E-state index in [1.54, 1.807) is 0 Å². The monoisotopic (exact) mass is 385 g/mol. The molecule has 4 aromatic carbocycles. The fourth-order valence-electron chi connectivity index (χ4n) is 3.90. The van der Waals surface area contributed by atoms with E-state index in [4.69, 9.17) is 0 Å². The van der Waals surface area contributed by atoms with Crippen LogP contribution in [0.1, 0.15) is 5.56 Å². The second-order valence-electron chi connectivity index (χ2n) is 6.47. The minimum Gasteiger partial charge on any atom is -0.309 e. The number of hydrogen-bond donors (Lipinski definition) is 0. The summed E-state index contributed by atoms with van der Waals surface area (Å²) in [6, 6.07) is 28.2. The van der Waals surface area contributed by atoms with Crippen molar-refractivity contribution < 1.29 is 0 Å². The topological polar surface area (TPSA) is 4.93 Å². The van der Waals surface area contributed by atoms with Crippen LogP contribution in [0.2, 0.25) is 0 Å². The summed E-state index contributed by atoms with van der Waals surface area (Å²) in [6.45, 7) is 2.20. The maximum Gasteiger partial charge on any atom is 0.0552 e. The number of aryl methyl sites for hydroxylation is 1. The number of benzene rings is 4. The molecule has 0 atom stereocenters. The van der Waals surface area contributed by atoms with E-state index in [0.717, 1.165) is 4.47 Å². The summed E-state index contributed by atoms with van der Waals surface area (Å²) < 4.78 is 3.46. The molecule has 0 radical (unpaired) electrons. The Morgan fingerprint density at radius 3 is 2.40 bits per heavy atom. The van der Waals surface area contributed by atoms with Gasteiger partial charge in [-0.25, -0.2) is 0 Å². The summed E-state index contributed by atoms with van der Waals surface area (Å²) >= 11 is 3.65. The van der Waals surface area contributed by atoms with E-state index in [0.29, 0.717) is 0 Å². The zero-order chi connectivity index (χ0) is 17.0. The first-order valence-corrected chi connectivity index (χ1v) is 9.21. The van der Waals surface area contributed by atoms with Crippen LogP contribution in [-0.4, -0.2) is 4.57 Å².